The Kier molecular flexibility index (Phi) is 8.63. The molecule has 2 aromatic heterocycles. The SMILES string of the molecule is Cc1ccc(OCCN(C)C)cc1C(=O)N[C@H](C)c1cc(-c2cnn(C)c2)cc(-c2cnn(CC(F)(F)F)c2)c1. The second-order valence-electron chi connectivity index (χ2n) is 10.1. The summed E-state index contributed by atoms with van der Waals surface area (Å²) in [6, 6.07) is 10.7. The van der Waals surface area contributed by atoms with E-state index < -0.39 is 18.8 Å². The molecule has 2 aromatic carbocycles. The number of likely N-dealkylation sites (N-methyl/N-ethyl adjacent to an activating group) is 1. The number of nitrogens with zero attached hydrogens (tertiary/aromatic N) is 5. The lowest BCUT2D eigenvalue weighted by Gasteiger charge is -2.18. The van der Waals surface area contributed by atoms with Gasteiger partial charge in [-0.25, -0.2) is 0 Å². The summed E-state index contributed by atoms with van der Waals surface area (Å²) in [5, 5.41) is 11.2. The number of halogens is 3. The molecule has 0 radical (unpaired) electrons. The first-order valence-electron chi connectivity index (χ1n) is 12.8. The fourth-order valence-electron chi connectivity index (χ4n) is 4.23. The van der Waals surface area contributed by atoms with E-state index in [4.69, 9.17) is 4.74 Å². The van der Waals surface area contributed by atoms with Crippen molar-refractivity contribution in [3.63, 3.8) is 0 Å². The molecule has 0 aliphatic rings. The van der Waals surface area contributed by atoms with Crippen molar-refractivity contribution in [2.45, 2.75) is 32.6 Å². The Morgan fingerprint density at radius 2 is 1.70 bits per heavy atom. The fraction of sp³-hybridized carbons (Fsp3) is 0.345. The zero-order chi connectivity index (χ0) is 29.0. The molecule has 2 heterocycles. The summed E-state index contributed by atoms with van der Waals surface area (Å²) in [7, 11) is 5.73. The van der Waals surface area contributed by atoms with Crippen LogP contribution in [0.5, 0.6) is 5.75 Å². The lowest BCUT2D eigenvalue weighted by Crippen LogP contribution is -2.27. The molecule has 8 nitrogen and oxygen atoms in total. The number of ether oxygens (including phenoxy) is 1. The van der Waals surface area contributed by atoms with E-state index in [9.17, 15) is 18.0 Å². The number of aromatic nitrogens is 4. The molecule has 1 atom stereocenters. The summed E-state index contributed by atoms with van der Waals surface area (Å²) in [4.78, 5) is 15.3. The lowest BCUT2D eigenvalue weighted by molar-refractivity contribution is -0.142. The number of aryl methyl sites for hydroxylation is 2. The van der Waals surface area contributed by atoms with Gasteiger partial charge in [0.2, 0.25) is 0 Å². The molecule has 0 aliphatic heterocycles. The van der Waals surface area contributed by atoms with E-state index in [1.54, 1.807) is 24.0 Å². The standard InChI is InChI=1S/C29H33F3N6O2/c1-19-6-7-26(40-9-8-36(3)4)13-27(19)28(39)35-20(2)21-10-22(24-14-33-37(5)16-24)12-23(11-21)25-15-34-38(17-25)18-29(30,31)32/h6-7,10-17,20H,8-9,18H2,1-5H3,(H,35,39)/t20-/m1/s1. The number of alkyl halides is 3. The first kappa shape index (κ1) is 28.9. The smallest absolute Gasteiger partial charge is 0.408 e. The lowest BCUT2D eigenvalue weighted by atomic mass is 9.96. The van der Waals surface area contributed by atoms with Gasteiger partial charge in [-0.05, 0) is 80.5 Å². The second-order valence-corrected chi connectivity index (χ2v) is 10.1. The third-order valence-corrected chi connectivity index (χ3v) is 6.41. The van der Waals surface area contributed by atoms with Crippen molar-refractivity contribution in [3.8, 4) is 28.0 Å². The number of amides is 1. The third-order valence-electron chi connectivity index (χ3n) is 6.41. The van der Waals surface area contributed by atoms with Crippen molar-refractivity contribution >= 4 is 5.91 Å². The van der Waals surface area contributed by atoms with E-state index in [1.165, 1.54) is 12.4 Å². The Morgan fingerprint density at radius 1 is 1.02 bits per heavy atom. The molecule has 212 valence electrons. The Bertz CT molecular complexity index is 1470. The van der Waals surface area contributed by atoms with E-state index in [0.717, 1.165) is 33.5 Å². The molecular weight excluding hydrogens is 521 g/mol. The molecule has 0 saturated heterocycles. The maximum atomic E-state index is 13.3. The summed E-state index contributed by atoms with van der Waals surface area (Å²) in [6.45, 7) is 3.80. The Morgan fingerprint density at radius 3 is 2.33 bits per heavy atom. The van der Waals surface area contributed by atoms with Gasteiger partial charge < -0.3 is 15.0 Å². The van der Waals surface area contributed by atoms with Gasteiger partial charge in [-0.15, -0.1) is 0 Å². The summed E-state index contributed by atoms with van der Waals surface area (Å²) >= 11 is 0. The largest absolute Gasteiger partial charge is 0.492 e. The van der Waals surface area contributed by atoms with E-state index in [2.05, 4.69) is 15.5 Å². The van der Waals surface area contributed by atoms with Crippen molar-refractivity contribution in [1.82, 2.24) is 29.8 Å². The predicted molar refractivity (Wildman–Crippen MR) is 147 cm³/mol. The quantitative estimate of drug-likeness (QED) is 0.290. The first-order valence-corrected chi connectivity index (χ1v) is 12.8. The normalized spacial score (nSPS) is 12.5. The van der Waals surface area contributed by atoms with Crippen molar-refractivity contribution in [2.24, 2.45) is 7.05 Å². The Labute approximate surface area is 231 Å². The summed E-state index contributed by atoms with van der Waals surface area (Å²) in [6.07, 6.45) is 1.96. The summed E-state index contributed by atoms with van der Waals surface area (Å²) in [5.74, 6) is 0.358. The van der Waals surface area contributed by atoms with Gasteiger partial charge in [-0.3, -0.25) is 14.2 Å². The van der Waals surface area contributed by atoms with Crippen LogP contribution in [0.3, 0.4) is 0 Å². The minimum Gasteiger partial charge on any atom is -0.492 e. The minimum absolute atomic E-state index is 0.255. The number of carbonyl (C=O) groups excluding carboxylic acids is 1. The van der Waals surface area contributed by atoms with E-state index >= 15 is 0 Å². The maximum Gasteiger partial charge on any atom is 0.408 e. The number of benzene rings is 2. The molecule has 4 aromatic rings. The number of hydrogen-bond donors (Lipinski definition) is 1. The van der Waals surface area contributed by atoms with Crippen LogP contribution >= 0.6 is 0 Å². The van der Waals surface area contributed by atoms with E-state index in [-0.39, 0.29) is 5.91 Å². The van der Waals surface area contributed by atoms with Gasteiger partial charge in [-0.1, -0.05) is 6.07 Å². The highest BCUT2D eigenvalue weighted by Crippen LogP contribution is 2.31. The van der Waals surface area contributed by atoms with Gasteiger partial charge in [0.1, 0.15) is 18.9 Å². The second kappa shape index (κ2) is 12.0. The Balaban J connectivity index is 1.61. The zero-order valence-electron chi connectivity index (χ0n) is 23.2. The maximum absolute atomic E-state index is 13.3. The van der Waals surface area contributed by atoms with Gasteiger partial charge in [0.15, 0.2) is 0 Å². The Hall–Kier alpha value is -4.12. The van der Waals surface area contributed by atoms with Crippen molar-refractivity contribution in [1.29, 1.82) is 0 Å². The molecule has 0 saturated carbocycles. The molecule has 0 aliphatic carbocycles. The van der Waals surface area contributed by atoms with Crippen LogP contribution in [0.2, 0.25) is 0 Å². The topological polar surface area (TPSA) is 77.2 Å². The number of rotatable bonds is 10. The van der Waals surface area contributed by atoms with Gasteiger partial charge in [0, 0.05) is 42.7 Å². The third kappa shape index (κ3) is 7.50. The number of hydrogen-bond acceptors (Lipinski definition) is 5. The van der Waals surface area contributed by atoms with Crippen LogP contribution in [0.25, 0.3) is 22.3 Å². The van der Waals surface area contributed by atoms with Crippen molar-refractivity contribution < 1.29 is 22.7 Å². The molecule has 0 unspecified atom stereocenters. The van der Waals surface area contributed by atoms with Crippen LogP contribution < -0.4 is 10.1 Å². The van der Waals surface area contributed by atoms with E-state index in [0.29, 0.717) is 29.0 Å². The summed E-state index contributed by atoms with van der Waals surface area (Å²) in [5.41, 5.74) is 4.97. The molecule has 0 fully saturated rings. The summed E-state index contributed by atoms with van der Waals surface area (Å²) < 4.78 is 47.0. The molecule has 11 heteroatoms. The molecule has 0 spiro atoms. The highest BCUT2D eigenvalue weighted by molar-refractivity contribution is 5.96. The highest BCUT2D eigenvalue weighted by Gasteiger charge is 2.28. The molecule has 4 rings (SSSR count). The first-order chi connectivity index (χ1) is 18.9. The van der Waals surface area contributed by atoms with Gasteiger partial charge >= 0.3 is 6.18 Å². The van der Waals surface area contributed by atoms with Gasteiger partial charge in [0.25, 0.3) is 5.91 Å². The van der Waals surface area contributed by atoms with Crippen LogP contribution in [-0.4, -0.2) is 63.8 Å². The average Bonchev–Trinajstić information content (AvgIpc) is 3.52. The van der Waals surface area contributed by atoms with Crippen LogP contribution in [0, 0.1) is 6.92 Å². The van der Waals surface area contributed by atoms with Crippen LogP contribution in [0.1, 0.15) is 34.5 Å². The van der Waals surface area contributed by atoms with Crippen LogP contribution in [-0.2, 0) is 13.6 Å². The van der Waals surface area contributed by atoms with Crippen molar-refractivity contribution in [3.05, 3.63) is 77.9 Å². The van der Waals surface area contributed by atoms with Crippen LogP contribution in [0.4, 0.5) is 13.2 Å². The molecule has 1 N–H and O–H groups in total. The van der Waals surface area contributed by atoms with Gasteiger partial charge in [0.05, 0.1) is 18.4 Å². The number of nitrogens with one attached hydrogen (secondary N) is 1. The van der Waals surface area contributed by atoms with E-state index in [1.807, 2.05) is 69.4 Å². The molecule has 0 bridgehead atoms. The predicted octanol–water partition coefficient (Wildman–Crippen LogP) is 5.25. The zero-order valence-corrected chi connectivity index (χ0v) is 23.2. The van der Waals surface area contributed by atoms with Crippen molar-refractivity contribution in [2.75, 3.05) is 27.2 Å². The fourth-order valence-corrected chi connectivity index (χ4v) is 4.23. The molecule has 40 heavy (non-hydrogen) atoms. The minimum atomic E-state index is -4.38. The molecule has 1 amide bonds. The number of carbonyl (C=O) groups is 1. The molecular formula is C29H33F3N6O2. The average molecular weight is 555 g/mol. The van der Waals surface area contributed by atoms with Gasteiger partial charge in [-0.2, -0.15) is 23.4 Å². The van der Waals surface area contributed by atoms with Crippen LogP contribution in [0.15, 0.2) is 61.2 Å². The highest BCUT2D eigenvalue weighted by atomic mass is 19.4. The monoisotopic (exact) mass is 554 g/mol.